The van der Waals surface area contributed by atoms with Gasteiger partial charge in [0.05, 0.1) is 0 Å². The smallest absolute Gasteiger partial charge is 0.493 e. The Kier molecular flexibility index (Phi) is 45.8. The summed E-state index contributed by atoms with van der Waals surface area (Å²) in [6.07, 6.45) is 63.4. The van der Waals surface area contributed by atoms with Gasteiger partial charge < -0.3 is 5.53 Å². The summed E-state index contributed by atoms with van der Waals surface area (Å²) in [5, 5.41) is 0. The predicted molar refractivity (Wildman–Crippen MR) is 325 cm³/mol. The number of rotatable bonds is 50. The molecule has 1 aliphatic rings. The number of benzene rings is 2. The van der Waals surface area contributed by atoms with E-state index in [2.05, 4.69) is 90.1 Å². The SMILES string of the molecule is CCCCCCCCCCCCCCC[CH2][Pd][CH2]CCCCCCCCCCCCCCC.CCCCCCCCc1ccc(C2=C(CCCC)C(CCCCCC)=C(c3cccc(CCCC)c3)[N+]2=[N-])cc1. The van der Waals surface area contributed by atoms with E-state index in [0.717, 1.165) is 79.0 Å². The molecule has 3 heteroatoms. The van der Waals surface area contributed by atoms with E-state index >= 15 is 0 Å². The van der Waals surface area contributed by atoms with Gasteiger partial charge in [0.15, 0.2) is 0 Å². The van der Waals surface area contributed by atoms with E-state index in [4.69, 9.17) is 0 Å². The van der Waals surface area contributed by atoms with Crippen molar-refractivity contribution < 1.29 is 22.7 Å². The number of aryl methyl sites for hydroxylation is 2. The van der Waals surface area contributed by atoms with Crippen LogP contribution < -0.4 is 0 Å². The van der Waals surface area contributed by atoms with Gasteiger partial charge in [0, 0.05) is 22.3 Å². The second kappa shape index (κ2) is 49.7. The van der Waals surface area contributed by atoms with Crippen molar-refractivity contribution in [1.82, 2.24) is 0 Å². The zero-order valence-corrected chi connectivity index (χ0v) is 51.3. The van der Waals surface area contributed by atoms with Crippen molar-refractivity contribution >= 4 is 11.4 Å². The Morgan fingerprint density at radius 2 is 0.616 bits per heavy atom. The summed E-state index contributed by atoms with van der Waals surface area (Å²) >= 11 is 1.06. The monoisotopic (exact) mass is 1100 g/mol. The summed E-state index contributed by atoms with van der Waals surface area (Å²) < 4.78 is 1.56. The van der Waals surface area contributed by atoms with E-state index < -0.39 is 0 Å². The predicted octanol–water partition coefficient (Wildman–Crippen LogP) is 25.1. The fourth-order valence-corrected chi connectivity index (χ4v) is 12.8. The van der Waals surface area contributed by atoms with Gasteiger partial charge in [-0.25, -0.2) is 4.70 Å². The number of nitrogens with zero attached hydrogens (tertiary/aromatic N) is 2. The molecule has 0 saturated heterocycles. The van der Waals surface area contributed by atoms with Crippen LogP contribution in [0.2, 0.25) is 9.79 Å². The van der Waals surface area contributed by atoms with Gasteiger partial charge in [-0.15, -0.1) is 0 Å². The first-order valence-electron chi connectivity index (χ1n) is 32.6. The van der Waals surface area contributed by atoms with E-state index in [0.29, 0.717) is 0 Å². The number of hydrogen-bond donors (Lipinski definition) is 0. The van der Waals surface area contributed by atoms with Crippen molar-refractivity contribution in [3.05, 3.63) is 87.5 Å². The third-order valence-electron chi connectivity index (χ3n) is 15.6. The van der Waals surface area contributed by atoms with Gasteiger partial charge in [-0.1, -0.05) is 169 Å². The first kappa shape index (κ1) is 67.3. The molecule has 1 heterocycles. The standard InChI is InChI=1S/C38H56N2.2C16H33.Pd/c1-5-9-13-15-16-17-21-31-26-28-33(29-27-31)37-35(24-12-8-4)36(25-18-14-10-6-2)38(40(37)39)34-23-19-22-32(30-34)20-11-7-3;2*1-3-5-7-9-11-13-15-16-14-12-10-8-6-4-2;/h19,22-23,26-30H,5-18,20-21,24-25H2,1-4H3;2*1,3-16H2,2H3;. The Morgan fingerprint density at radius 1 is 0.301 bits per heavy atom. The summed E-state index contributed by atoms with van der Waals surface area (Å²) in [5.41, 5.74) is 21.7. The molecular formula is C70H122N2Pd. The molecule has 2 nitrogen and oxygen atoms in total. The minimum absolute atomic E-state index is 1.01. The van der Waals surface area contributed by atoms with Gasteiger partial charge in [-0.2, -0.15) is 0 Å². The number of unbranched alkanes of at least 4 members (excludes halogenated alkanes) is 36. The van der Waals surface area contributed by atoms with E-state index in [-0.39, 0.29) is 0 Å². The van der Waals surface area contributed by atoms with Crippen LogP contribution in [0, 0.1) is 0 Å². The maximum atomic E-state index is 11.9. The van der Waals surface area contributed by atoms with Crippen molar-refractivity contribution in [3.63, 3.8) is 0 Å². The molecule has 0 unspecified atom stereocenters. The molecule has 0 aromatic heterocycles. The minimum Gasteiger partial charge on any atom is -0.493 e. The van der Waals surface area contributed by atoms with Crippen LogP contribution in [0.1, 0.15) is 346 Å². The molecule has 1 aliphatic heterocycles. The Bertz CT molecular complexity index is 1590. The average molecular weight is 1100 g/mol. The Labute approximate surface area is 465 Å². The molecule has 422 valence electrons. The topological polar surface area (TPSA) is 25.3 Å². The fraction of sp³-hybridized carbons (Fsp3) is 0.771. The summed E-state index contributed by atoms with van der Waals surface area (Å²) in [5.74, 6) is 0. The Hall–Kier alpha value is -1.82. The fourth-order valence-electron chi connectivity index (χ4n) is 10.8. The number of allylic oxidation sites excluding steroid dienone is 2. The summed E-state index contributed by atoms with van der Waals surface area (Å²) in [6.45, 7) is 13.7. The van der Waals surface area contributed by atoms with Crippen LogP contribution in [-0.4, -0.2) is 4.70 Å². The van der Waals surface area contributed by atoms with Crippen LogP contribution in [-0.2, 0) is 30.8 Å². The molecule has 0 amide bonds. The second-order valence-corrected chi connectivity index (χ2v) is 24.9. The molecule has 2 aromatic rings. The molecule has 0 fully saturated rings. The third-order valence-corrected chi connectivity index (χ3v) is 17.8. The van der Waals surface area contributed by atoms with Crippen LogP contribution in [0.3, 0.4) is 0 Å². The molecule has 0 spiro atoms. The van der Waals surface area contributed by atoms with Crippen molar-refractivity contribution in [2.45, 2.75) is 347 Å². The number of hydrogen-bond acceptors (Lipinski definition) is 0. The van der Waals surface area contributed by atoms with Gasteiger partial charge in [-0.05, 0) is 86.8 Å². The van der Waals surface area contributed by atoms with E-state index in [1.165, 1.54) is 279 Å². The van der Waals surface area contributed by atoms with Gasteiger partial charge in [0.1, 0.15) is 0 Å². The Balaban J connectivity index is 0.000000511. The Morgan fingerprint density at radius 3 is 1.04 bits per heavy atom. The quantitative estimate of drug-likeness (QED) is 0.0358. The van der Waals surface area contributed by atoms with Gasteiger partial charge in [0.25, 0.3) is 0 Å². The van der Waals surface area contributed by atoms with E-state index in [9.17, 15) is 5.53 Å². The van der Waals surface area contributed by atoms with Crippen molar-refractivity contribution in [3.8, 4) is 0 Å². The molecule has 3 rings (SSSR count). The molecule has 0 bridgehead atoms. The van der Waals surface area contributed by atoms with Crippen LogP contribution in [0.4, 0.5) is 0 Å². The van der Waals surface area contributed by atoms with E-state index in [1.807, 2.05) is 0 Å². The molecule has 2 aromatic carbocycles. The van der Waals surface area contributed by atoms with Crippen LogP contribution in [0.25, 0.3) is 16.9 Å². The average Bonchev–Trinajstić information content (AvgIpc) is 3.69. The molecule has 0 radical (unpaired) electrons. The van der Waals surface area contributed by atoms with Crippen molar-refractivity contribution in [1.29, 1.82) is 0 Å². The molecular weight excluding hydrogens is 975 g/mol. The van der Waals surface area contributed by atoms with Crippen LogP contribution in [0.5, 0.6) is 0 Å². The first-order valence-corrected chi connectivity index (χ1v) is 34.8. The maximum absolute atomic E-state index is 11.9. The normalized spacial score (nSPS) is 12.7. The van der Waals surface area contributed by atoms with Gasteiger partial charge >= 0.3 is 169 Å². The van der Waals surface area contributed by atoms with Gasteiger partial charge in [0.2, 0.25) is 11.4 Å². The first-order chi connectivity index (χ1) is 36.1. The molecule has 0 atom stereocenters. The summed E-state index contributed by atoms with van der Waals surface area (Å²) in [4.78, 5) is 3.09. The van der Waals surface area contributed by atoms with Crippen molar-refractivity contribution in [2.24, 2.45) is 0 Å². The molecule has 0 aliphatic carbocycles. The third kappa shape index (κ3) is 33.8. The van der Waals surface area contributed by atoms with E-state index in [1.54, 1.807) is 14.5 Å². The molecule has 0 saturated carbocycles. The zero-order chi connectivity index (χ0) is 52.5. The van der Waals surface area contributed by atoms with Crippen LogP contribution >= 0.6 is 0 Å². The minimum atomic E-state index is 1.01. The van der Waals surface area contributed by atoms with Crippen LogP contribution in [0.15, 0.2) is 59.7 Å². The zero-order valence-electron chi connectivity index (χ0n) is 49.8. The van der Waals surface area contributed by atoms with Gasteiger partial charge in [-0.3, -0.25) is 0 Å². The van der Waals surface area contributed by atoms with Crippen molar-refractivity contribution in [2.75, 3.05) is 0 Å². The summed E-state index contributed by atoms with van der Waals surface area (Å²) in [7, 11) is 0. The molecule has 73 heavy (non-hydrogen) atoms. The summed E-state index contributed by atoms with van der Waals surface area (Å²) in [6, 6.07) is 18.0. The molecule has 0 N–H and O–H groups in total. The second-order valence-electron chi connectivity index (χ2n) is 22.6.